The first-order valence-corrected chi connectivity index (χ1v) is 11.3. The molecule has 4 rings (SSSR count). The van der Waals surface area contributed by atoms with E-state index >= 15 is 0 Å². The number of amides is 1. The number of rotatable bonds is 4. The van der Waals surface area contributed by atoms with Gasteiger partial charge in [0.1, 0.15) is 0 Å². The SMILES string of the molecule is CC(=O)NC1c2ccccc2CS(=CCc2ccc(C(=O)O)cc2)c2ccccc21. The van der Waals surface area contributed by atoms with Gasteiger partial charge in [-0.15, -0.1) is 0 Å². The summed E-state index contributed by atoms with van der Waals surface area (Å²) in [5, 5.41) is 14.6. The highest BCUT2D eigenvalue weighted by atomic mass is 32.2. The minimum atomic E-state index is -0.911. The van der Waals surface area contributed by atoms with E-state index in [-0.39, 0.29) is 22.4 Å². The number of hydrogen-bond donors (Lipinski definition) is 2. The second-order valence-electron chi connectivity index (χ2n) is 7.32. The van der Waals surface area contributed by atoms with Crippen molar-refractivity contribution in [1.29, 1.82) is 0 Å². The summed E-state index contributed by atoms with van der Waals surface area (Å²) in [4.78, 5) is 24.3. The van der Waals surface area contributed by atoms with Crippen molar-refractivity contribution in [2.24, 2.45) is 0 Å². The molecule has 4 nitrogen and oxygen atoms in total. The number of benzene rings is 3. The third kappa shape index (κ3) is 4.21. The molecule has 2 unspecified atom stereocenters. The van der Waals surface area contributed by atoms with Gasteiger partial charge in [-0.1, -0.05) is 60.0 Å². The van der Waals surface area contributed by atoms with Crippen LogP contribution in [0, 0.1) is 0 Å². The van der Waals surface area contributed by atoms with E-state index in [1.165, 1.54) is 10.5 Å². The molecule has 1 aliphatic heterocycles. The third-order valence-electron chi connectivity index (χ3n) is 5.26. The molecule has 3 aromatic rings. The predicted octanol–water partition coefficient (Wildman–Crippen LogP) is 4.80. The van der Waals surface area contributed by atoms with E-state index in [4.69, 9.17) is 5.11 Å². The van der Waals surface area contributed by atoms with E-state index in [1.54, 1.807) is 19.1 Å². The van der Waals surface area contributed by atoms with Gasteiger partial charge in [-0.2, -0.15) is 10.5 Å². The van der Waals surface area contributed by atoms with E-state index in [0.717, 1.165) is 28.9 Å². The summed E-state index contributed by atoms with van der Waals surface area (Å²) in [6.45, 7) is 1.56. The van der Waals surface area contributed by atoms with Crippen molar-refractivity contribution in [2.45, 2.75) is 30.0 Å². The average Bonchev–Trinajstić information content (AvgIpc) is 2.87. The Morgan fingerprint density at radius 3 is 2.37 bits per heavy atom. The average molecular weight is 418 g/mol. The number of hydrogen-bond acceptors (Lipinski definition) is 2. The lowest BCUT2D eigenvalue weighted by molar-refractivity contribution is -0.119. The van der Waals surface area contributed by atoms with E-state index < -0.39 is 5.97 Å². The van der Waals surface area contributed by atoms with E-state index in [9.17, 15) is 9.59 Å². The minimum absolute atomic E-state index is 0.0473. The normalized spacial score (nSPS) is 17.5. The maximum Gasteiger partial charge on any atom is 0.335 e. The van der Waals surface area contributed by atoms with Crippen LogP contribution >= 0.6 is 10.5 Å². The largest absolute Gasteiger partial charge is 0.478 e. The van der Waals surface area contributed by atoms with Crippen LogP contribution in [0.25, 0.3) is 0 Å². The number of carboxylic acid groups (broad SMARTS) is 1. The Hall–Kier alpha value is -3.18. The number of aromatic carboxylic acids is 1. The van der Waals surface area contributed by atoms with Gasteiger partial charge in [-0.3, -0.25) is 4.79 Å². The van der Waals surface area contributed by atoms with Crippen LogP contribution in [0.3, 0.4) is 0 Å². The van der Waals surface area contributed by atoms with Gasteiger partial charge in [0.05, 0.1) is 11.6 Å². The Morgan fingerprint density at radius 2 is 1.67 bits per heavy atom. The summed E-state index contributed by atoms with van der Waals surface area (Å²) in [5.74, 6) is -0.0733. The van der Waals surface area contributed by atoms with Crippen LogP contribution < -0.4 is 5.32 Å². The van der Waals surface area contributed by atoms with Crippen molar-refractivity contribution in [3.63, 3.8) is 0 Å². The smallest absolute Gasteiger partial charge is 0.335 e. The van der Waals surface area contributed by atoms with Crippen molar-refractivity contribution in [2.75, 3.05) is 0 Å². The van der Waals surface area contributed by atoms with E-state index in [1.807, 2.05) is 30.3 Å². The molecule has 30 heavy (non-hydrogen) atoms. The summed E-state index contributed by atoms with van der Waals surface area (Å²) >= 11 is 0. The van der Waals surface area contributed by atoms with Crippen LogP contribution in [0.1, 0.15) is 45.6 Å². The van der Waals surface area contributed by atoms with Gasteiger partial charge in [0.2, 0.25) is 5.91 Å². The fourth-order valence-electron chi connectivity index (χ4n) is 3.81. The Balaban J connectivity index is 1.75. The highest BCUT2D eigenvalue weighted by Crippen LogP contribution is 2.43. The molecule has 152 valence electrons. The maximum absolute atomic E-state index is 12.0. The lowest BCUT2D eigenvalue weighted by Gasteiger charge is -2.20. The Bertz CT molecular complexity index is 1140. The van der Waals surface area contributed by atoms with Crippen LogP contribution in [-0.2, 0) is 17.0 Å². The summed E-state index contributed by atoms with van der Waals surface area (Å²) in [5.41, 5.74) is 4.91. The molecule has 5 heteroatoms. The monoisotopic (exact) mass is 417 g/mol. The van der Waals surface area contributed by atoms with Crippen LogP contribution in [0.2, 0.25) is 0 Å². The zero-order chi connectivity index (χ0) is 21.1. The van der Waals surface area contributed by atoms with E-state index in [0.29, 0.717) is 5.56 Å². The number of carbonyl (C=O) groups excluding carboxylic acids is 1. The van der Waals surface area contributed by atoms with Crippen molar-refractivity contribution < 1.29 is 14.7 Å². The molecule has 0 radical (unpaired) electrons. The van der Waals surface area contributed by atoms with Crippen LogP contribution in [0.5, 0.6) is 0 Å². The molecule has 1 amide bonds. The summed E-state index contributed by atoms with van der Waals surface area (Å²) in [7, 11) is -0.141. The first-order valence-electron chi connectivity index (χ1n) is 9.82. The number of fused-ring (bicyclic) bond motifs is 2. The molecule has 3 aromatic carbocycles. The van der Waals surface area contributed by atoms with Gasteiger partial charge >= 0.3 is 5.97 Å². The second kappa shape index (κ2) is 8.67. The molecule has 1 heterocycles. The molecule has 1 aliphatic rings. The summed E-state index contributed by atoms with van der Waals surface area (Å²) in [6, 6.07) is 23.5. The van der Waals surface area contributed by atoms with E-state index in [2.05, 4.69) is 41.0 Å². The fourth-order valence-corrected chi connectivity index (χ4v) is 5.99. The van der Waals surface area contributed by atoms with Crippen LogP contribution in [0.4, 0.5) is 0 Å². The molecule has 0 fully saturated rings. The van der Waals surface area contributed by atoms with Crippen LogP contribution in [-0.4, -0.2) is 22.4 Å². The van der Waals surface area contributed by atoms with Gasteiger partial charge in [-0.05, 0) is 46.9 Å². The maximum atomic E-state index is 12.0. The van der Waals surface area contributed by atoms with Gasteiger partial charge in [0.15, 0.2) is 0 Å². The summed E-state index contributed by atoms with van der Waals surface area (Å²) in [6.07, 6.45) is 0.754. The number of nitrogens with one attached hydrogen (secondary N) is 1. The molecule has 0 aromatic heterocycles. The molecule has 0 bridgehead atoms. The Kier molecular flexibility index (Phi) is 5.81. The van der Waals surface area contributed by atoms with Crippen molar-refractivity contribution in [3.05, 3.63) is 101 Å². The first-order chi connectivity index (χ1) is 14.5. The molecule has 2 atom stereocenters. The molecule has 0 saturated carbocycles. The van der Waals surface area contributed by atoms with Gasteiger partial charge < -0.3 is 10.4 Å². The summed E-state index contributed by atoms with van der Waals surface area (Å²) < 4.78 is 0. The number of carbonyl (C=O) groups is 2. The lowest BCUT2D eigenvalue weighted by Crippen LogP contribution is -2.27. The van der Waals surface area contributed by atoms with Gasteiger partial charge in [0.25, 0.3) is 0 Å². The zero-order valence-electron chi connectivity index (χ0n) is 16.7. The predicted molar refractivity (Wildman–Crippen MR) is 121 cm³/mol. The van der Waals surface area contributed by atoms with Crippen molar-refractivity contribution >= 4 is 27.7 Å². The Morgan fingerprint density at radius 1 is 1.00 bits per heavy atom. The minimum Gasteiger partial charge on any atom is -0.478 e. The molecule has 0 saturated heterocycles. The number of carboxylic acids is 1. The van der Waals surface area contributed by atoms with Crippen molar-refractivity contribution in [3.8, 4) is 0 Å². The quantitative estimate of drug-likeness (QED) is 0.600. The topological polar surface area (TPSA) is 66.4 Å². The fraction of sp³-hybridized carbons (Fsp3) is 0.160. The van der Waals surface area contributed by atoms with Crippen molar-refractivity contribution in [1.82, 2.24) is 5.32 Å². The molecular weight excluding hydrogens is 394 g/mol. The first kappa shape index (κ1) is 20.1. The second-order valence-corrected chi connectivity index (χ2v) is 9.24. The molecular formula is C25H23NO3S. The third-order valence-corrected chi connectivity index (χ3v) is 7.39. The lowest BCUT2D eigenvalue weighted by atomic mass is 9.95. The van der Waals surface area contributed by atoms with Gasteiger partial charge in [-0.25, -0.2) is 4.79 Å². The van der Waals surface area contributed by atoms with Gasteiger partial charge in [0, 0.05) is 17.6 Å². The standard InChI is InChI=1S/C25H23NO3S/c1-17(27)26-24-21-7-3-2-6-20(21)16-30(23-9-5-4-8-22(23)24)15-14-18-10-12-19(13-11-18)25(28)29/h2-13,15,24H,14,16H2,1H3,(H,26,27)(H,28,29). The Labute approximate surface area is 178 Å². The van der Waals surface area contributed by atoms with Crippen LogP contribution in [0.15, 0.2) is 77.7 Å². The molecule has 0 aliphatic carbocycles. The molecule has 2 N–H and O–H groups in total. The highest BCUT2D eigenvalue weighted by molar-refractivity contribution is 8.14. The zero-order valence-corrected chi connectivity index (χ0v) is 17.5. The molecule has 0 spiro atoms. The highest BCUT2D eigenvalue weighted by Gasteiger charge is 2.25.